The minimum Gasteiger partial charge on any atom is -0.355 e. The number of carbonyl (C=O) groups excluding carboxylic acids is 2. The summed E-state index contributed by atoms with van der Waals surface area (Å²) in [4.78, 5) is 26.2. The van der Waals surface area contributed by atoms with Crippen molar-refractivity contribution in [1.82, 2.24) is 10.2 Å². The number of piperidine rings is 1. The standard InChI is InChI=1S/C23H45N3O2/c1-6-7-8-9-10-11-12-13-14-15-16-25-20(28)23(24)17-21(2,3)26(19-27)22(4,5)18-23/h19H,6-18,24H2,1-5H3,(H,25,28). The number of amides is 2. The van der Waals surface area contributed by atoms with E-state index >= 15 is 0 Å². The number of nitrogens with one attached hydrogen (secondary N) is 1. The van der Waals surface area contributed by atoms with E-state index < -0.39 is 16.6 Å². The molecule has 1 saturated heterocycles. The molecule has 0 atom stereocenters. The van der Waals surface area contributed by atoms with E-state index in [1.807, 2.05) is 27.7 Å². The van der Waals surface area contributed by atoms with Crippen molar-refractivity contribution in [2.45, 2.75) is 128 Å². The van der Waals surface area contributed by atoms with Crippen LogP contribution in [0, 0.1) is 0 Å². The van der Waals surface area contributed by atoms with Crippen molar-refractivity contribution in [2.24, 2.45) is 5.73 Å². The Morgan fingerprint density at radius 3 is 1.75 bits per heavy atom. The lowest BCUT2D eigenvalue weighted by atomic mass is 9.69. The lowest BCUT2D eigenvalue weighted by Gasteiger charge is -2.56. The normalized spacial score (nSPS) is 20.0. The van der Waals surface area contributed by atoms with Gasteiger partial charge in [0.2, 0.25) is 12.3 Å². The van der Waals surface area contributed by atoms with Crippen LogP contribution in [0.15, 0.2) is 0 Å². The molecule has 0 aromatic carbocycles. The topological polar surface area (TPSA) is 75.4 Å². The molecule has 3 N–H and O–H groups in total. The van der Waals surface area contributed by atoms with Crippen molar-refractivity contribution in [2.75, 3.05) is 6.54 Å². The summed E-state index contributed by atoms with van der Waals surface area (Å²) in [5, 5.41) is 3.06. The van der Waals surface area contributed by atoms with Crippen LogP contribution in [0.2, 0.25) is 0 Å². The third-order valence-electron chi connectivity index (χ3n) is 6.17. The van der Waals surface area contributed by atoms with Gasteiger partial charge in [0, 0.05) is 17.6 Å². The minimum absolute atomic E-state index is 0.0740. The van der Waals surface area contributed by atoms with Gasteiger partial charge in [-0.15, -0.1) is 0 Å². The molecule has 0 spiro atoms. The van der Waals surface area contributed by atoms with Gasteiger partial charge in [0.25, 0.3) is 0 Å². The second-order valence-electron chi connectivity index (χ2n) is 10.0. The van der Waals surface area contributed by atoms with Gasteiger partial charge in [-0.05, 0) is 47.0 Å². The van der Waals surface area contributed by atoms with E-state index in [1.165, 1.54) is 51.4 Å². The Kier molecular flexibility index (Phi) is 9.96. The fourth-order valence-corrected chi connectivity index (χ4v) is 5.03. The Bertz CT molecular complexity index is 470. The van der Waals surface area contributed by atoms with Crippen LogP contribution in [0.5, 0.6) is 0 Å². The first-order valence-electron chi connectivity index (χ1n) is 11.4. The van der Waals surface area contributed by atoms with Crippen LogP contribution >= 0.6 is 0 Å². The molecule has 5 heteroatoms. The quantitative estimate of drug-likeness (QED) is 0.355. The molecule has 1 fully saturated rings. The summed E-state index contributed by atoms with van der Waals surface area (Å²) in [5.41, 5.74) is 4.75. The Morgan fingerprint density at radius 2 is 1.32 bits per heavy atom. The molecule has 0 saturated carbocycles. The van der Waals surface area contributed by atoms with Crippen molar-refractivity contribution in [3.8, 4) is 0 Å². The number of carbonyl (C=O) groups is 2. The van der Waals surface area contributed by atoms with Gasteiger partial charge in [-0.1, -0.05) is 64.7 Å². The molecule has 0 unspecified atom stereocenters. The largest absolute Gasteiger partial charge is 0.355 e. The SMILES string of the molecule is CCCCCCCCCCCCNC(=O)C1(N)CC(C)(C)N(C=O)C(C)(C)C1. The molecule has 0 aromatic heterocycles. The van der Waals surface area contributed by atoms with Crippen molar-refractivity contribution in [3.63, 3.8) is 0 Å². The molecule has 1 rings (SSSR count). The first-order valence-corrected chi connectivity index (χ1v) is 11.4. The van der Waals surface area contributed by atoms with E-state index in [9.17, 15) is 9.59 Å². The first-order chi connectivity index (χ1) is 13.1. The fraction of sp³-hybridized carbons (Fsp3) is 0.913. The van der Waals surface area contributed by atoms with Crippen molar-refractivity contribution in [1.29, 1.82) is 0 Å². The summed E-state index contributed by atoms with van der Waals surface area (Å²) in [6.45, 7) is 10.9. The molecular formula is C23H45N3O2. The smallest absolute Gasteiger partial charge is 0.240 e. The van der Waals surface area contributed by atoms with Crippen LogP contribution in [0.25, 0.3) is 0 Å². The van der Waals surface area contributed by atoms with Crippen LogP contribution in [-0.2, 0) is 9.59 Å². The van der Waals surface area contributed by atoms with Crippen LogP contribution in [0.3, 0.4) is 0 Å². The maximum atomic E-state index is 12.8. The number of nitrogens with zero attached hydrogens (tertiary/aromatic N) is 1. The first kappa shape index (κ1) is 24.9. The van der Waals surface area contributed by atoms with Gasteiger partial charge < -0.3 is 16.0 Å². The van der Waals surface area contributed by atoms with Gasteiger partial charge in [0.1, 0.15) is 0 Å². The minimum atomic E-state index is -0.926. The molecule has 5 nitrogen and oxygen atoms in total. The van der Waals surface area contributed by atoms with Gasteiger partial charge in [-0.2, -0.15) is 0 Å². The number of nitrogens with two attached hydrogens (primary N) is 1. The van der Waals surface area contributed by atoms with Crippen LogP contribution in [-0.4, -0.2) is 40.4 Å². The van der Waals surface area contributed by atoms with Gasteiger partial charge in [0.05, 0.1) is 5.54 Å². The van der Waals surface area contributed by atoms with Crippen molar-refractivity contribution in [3.05, 3.63) is 0 Å². The van der Waals surface area contributed by atoms with Crippen molar-refractivity contribution >= 4 is 12.3 Å². The molecule has 0 radical (unpaired) electrons. The van der Waals surface area contributed by atoms with Crippen LogP contribution < -0.4 is 11.1 Å². The maximum absolute atomic E-state index is 12.8. The maximum Gasteiger partial charge on any atom is 0.240 e. The molecule has 164 valence electrons. The summed E-state index contributed by atoms with van der Waals surface area (Å²) in [7, 11) is 0. The Labute approximate surface area is 173 Å². The van der Waals surface area contributed by atoms with E-state index in [0.717, 1.165) is 19.3 Å². The van der Waals surface area contributed by atoms with E-state index in [1.54, 1.807) is 4.90 Å². The van der Waals surface area contributed by atoms with Crippen molar-refractivity contribution < 1.29 is 9.59 Å². The molecule has 1 aliphatic heterocycles. The molecule has 0 bridgehead atoms. The van der Waals surface area contributed by atoms with E-state index in [0.29, 0.717) is 19.4 Å². The second-order valence-corrected chi connectivity index (χ2v) is 10.0. The average molecular weight is 396 g/mol. The van der Waals surface area contributed by atoms with Gasteiger partial charge in [-0.3, -0.25) is 9.59 Å². The summed E-state index contributed by atoms with van der Waals surface area (Å²) >= 11 is 0. The predicted molar refractivity (Wildman–Crippen MR) is 117 cm³/mol. The monoisotopic (exact) mass is 395 g/mol. The molecule has 0 aliphatic carbocycles. The zero-order valence-electron chi connectivity index (χ0n) is 19.1. The Hall–Kier alpha value is -1.10. The highest BCUT2D eigenvalue weighted by Crippen LogP contribution is 2.41. The van der Waals surface area contributed by atoms with Crippen LogP contribution in [0.1, 0.15) is 112 Å². The molecule has 1 heterocycles. The number of likely N-dealkylation sites (tertiary alicyclic amines) is 1. The van der Waals surface area contributed by atoms with Gasteiger partial charge in [0.15, 0.2) is 0 Å². The third-order valence-corrected chi connectivity index (χ3v) is 6.17. The number of hydrogen-bond donors (Lipinski definition) is 2. The van der Waals surface area contributed by atoms with E-state index in [4.69, 9.17) is 5.73 Å². The lowest BCUT2D eigenvalue weighted by molar-refractivity contribution is -0.146. The number of unbranched alkanes of at least 4 members (excludes halogenated alkanes) is 9. The van der Waals surface area contributed by atoms with E-state index in [-0.39, 0.29) is 5.91 Å². The predicted octanol–water partition coefficient (Wildman–Crippen LogP) is 4.53. The summed E-state index contributed by atoms with van der Waals surface area (Å²) in [6.07, 6.45) is 14.7. The van der Waals surface area contributed by atoms with Crippen LogP contribution in [0.4, 0.5) is 0 Å². The molecule has 28 heavy (non-hydrogen) atoms. The summed E-state index contributed by atoms with van der Waals surface area (Å²) < 4.78 is 0. The lowest BCUT2D eigenvalue weighted by Crippen LogP contribution is -2.71. The number of hydrogen-bond acceptors (Lipinski definition) is 3. The zero-order chi connectivity index (χ0) is 21.3. The van der Waals surface area contributed by atoms with E-state index in [2.05, 4.69) is 12.2 Å². The summed E-state index contributed by atoms with van der Waals surface area (Å²) in [5.74, 6) is -0.0740. The molecular weight excluding hydrogens is 350 g/mol. The highest BCUT2D eigenvalue weighted by Gasteiger charge is 2.53. The van der Waals surface area contributed by atoms with Gasteiger partial charge >= 0.3 is 0 Å². The average Bonchev–Trinajstić information content (AvgIpc) is 2.57. The zero-order valence-corrected chi connectivity index (χ0v) is 19.1. The number of rotatable bonds is 13. The van der Waals surface area contributed by atoms with Gasteiger partial charge in [-0.25, -0.2) is 0 Å². The second kappa shape index (κ2) is 11.2. The molecule has 1 aliphatic rings. The summed E-state index contributed by atoms with van der Waals surface area (Å²) in [6, 6.07) is 0. The third kappa shape index (κ3) is 7.38. The highest BCUT2D eigenvalue weighted by molar-refractivity contribution is 5.86. The Balaban J connectivity index is 2.29. The highest BCUT2D eigenvalue weighted by atomic mass is 16.2. The molecule has 2 amide bonds. The Morgan fingerprint density at radius 1 is 0.893 bits per heavy atom. The fourth-order valence-electron chi connectivity index (χ4n) is 5.03. The molecule has 0 aromatic rings.